The van der Waals surface area contributed by atoms with Crippen LogP contribution in [-0.4, -0.2) is 53.2 Å². The molecule has 1 aliphatic heterocycles. The number of hydrogen-bond donors (Lipinski definition) is 1. The molecule has 1 saturated heterocycles. The predicted molar refractivity (Wildman–Crippen MR) is 105 cm³/mol. The maximum absolute atomic E-state index is 12.8. The van der Waals surface area contributed by atoms with Crippen molar-refractivity contribution < 1.29 is 4.79 Å². The number of thioether (sulfide) groups is 1. The van der Waals surface area contributed by atoms with Gasteiger partial charge in [0.05, 0.1) is 5.69 Å². The van der Waals surface area contributed by atoms with E-state index in [0.29, 0.717) is 21.8 Å². The number of nitrogens with zero attached hydrogens (tertiary/aromatic N) is 6. The molecule has 0 spiro atoms. The van der Waals surface area contributed by atoms with Gasteiger partial charge in [-0.05, 0) is 37.4 Å². The second kappa shape index (κ2) is 7.08. The van der Waals surface area contributed by atoms with Crippen molar-refractivity contribution in [2.75, 3.05) is 35.1 Å². The van der Waals surface area contributed by atoms with Crippen LogP contribution in [0.25, 0.3) is 0 Å². The molecule has 136 valence electrons. The van der Waals surface area contributed by atoms with Crippen molar-refractivity contribution in [2.24, 2.45) is 0 Å². The van der Waals surface area contributed by atoms with Crippen LogP contribution in [-0.2, 0) is 4.79 Å². The number of benzene rings is 1. The van der Waals surface area contributed by atoms with Gasteiger partial charge < -0.3 is 4.90 Å². The summed E-state index contributed by atoms with van der Waals surface area (Å²) in [5.74, 6) is 0.509. The van der Waals surface area contributed by atoms with Crippen molar-refractivity contribution >= 4 is 52.8 Å². The summed E-state index contributed by atoms with van der Waals surface area (Å²) in [6.07, 6.45) is 1.86. The van der Waals surface area contributed by atoms with Crippen molar-refractivity contribution in [3.63, 3.8) is 0 Å². The summed E-state index contributed by atoms with van der Waals surface area (Å²) in [7, 11) is 3.65. The maximum Gasteiger partial charge on any atom is 0.256 e. The van der Waals surface area contributed by atoms with Crippen LogP contribution in [0.2, 0.25) is 5.02 Å². The summed E-state index contributed by atoms with van der Waals surface area (Å²) in [5, 5.41) is 9.62. The lowest BCUT2D eigenvalue weighted by Crippen LogP contribution is -2.36. The second-order valence-corrected chi connectivity index (χ2v) is 7.05. The summed E-state index contributed by atoms with van der Waals surface area (Å²) in [6, 6.07) is 6.17. The Kier molecular flexibility index (Phi) is 5.01. The van der Waals surface area contributed by atoms with Gasteiger partial charge in [0.25, 0.3) is 5.91 Å². The standard InChI is InChI=1S/C16H18ClN7OS/c1-9-12(25)24(11-7-5-10(17)6-8-11)13(18)23(9)15-19-14(22(2)3)20-16(21-15)26-4/h5-9,18H,1-4H3/t9-/m0/s1. The third-order valence-electron chi connectivity index (χ3n) is 3.88. The molecule has 0 bridgehead atoms. The molecule has 0 aliphatic carbocycles. The summed E-state index contributed by atoms with van der Waals surface area (Å²) in [5.41, 5.74) is 0.575. The molecule has 0 radical (unpaired) electrons. The van der Waals surface area contributed by atoms with Crippen LogP contribution in [0, 0.1) is 5.41 Å². The molecule has 1 aliphatic rings. The van der Waals surface area contributed by atoms with Crippen molar-refractivity contribution in [1.82, 2.24) is 15.0 Å². The monoisotopic (exact) mass is 391 g/mol. The minimum Gasteiger partial charge on any atom is -0.347 e. The van der Waals surface area contributed by atoms with Gasteiger partial charge in [-0.25, -0.2) is 4.90 Å². The lowest BCUT2D eigenvalue weighted by Gasteiger charge is -2.21. The van der Waals surface area contributed by atoms with Crippen LogP contribution in [0.15, 0.2) is 29.4 Å². The van der Waals surface area contributed by atoms with Gasteiger partial charge in [0.2, 0.25) is 17.9 Å². The van der Waals surface area contributed by atoms with E-state index in [2.05, 4.69) is 15.0 Å². The van der Waals surface area contributed by atoms with E-state index < -0.39 is 6.04 Å². The first-order valence-electron chi connectivity index (χ1n) is 7.78. The second-order valence-electron chi connectivity index (χ2n) is 5.84. The lowest BCUT2D eigenvalue weighted by atomic mass is 10.2. The molecular weight excluding hydrogens is 374 g/mol. The van der Waals surface area contributed by atoms with E-state index in [4.69, 9.17) is 17.0 Å². The molecule has 1 aromatic heterocycles. The first-order chi connectivity index (χ1) is 12.3. The van der Waals surface area contributed by atoms with Crippen LogP contribution in [0.4, 0.5) is 17.6 Å². The van der Waals surface area contributed by atoms with Gasteiger partial charge in [0, 0.05) is 19.1 Å². The van der Waals surface area contributed by atoms with Gasteiger partial charge in [-0.3, -0.25) is 15.1 Å². The average Bonchev–Trinajstić information content (AvgIpc) is 2.84. The van der Waals surface area contributed by atoms with E-state index >= 15 is 0 Å². The van der Waals surface area contributed by atoms with Gasteiger partial charge in [-0.2, -0.15) is 15.0 Å². The summed E-state index contributed by atoms with van der Waals surface area (Å²) >= 11 is 7.30. The topological polar surface area (TPSA) is 89.3 Å². The molecular formula is C16H18ClN7OS. The summed E-state index contributed by atoms with van der Waals surface area (Å²) < 4.78 is 0. The van der Waals surface area contributed by atoms with Gasteiger partial charge >= 0.3 is 0 Å². The number of nitrogens with one attached hydrogen (secondary N) is 1. The molecule has 1 aromatic carbocycles. The zero-order valence-corrected chi connectivity index (χ0v) is 16.3. The number of halogens is 1. The van der Waals surface area contributed by atoms with Crippen LogP contribution < -0.4 is 14.7 Å². The summed E-state index contributed by atoms with van der Waals surface area (Å²) in [4.78, 5) is 30.5. The highest BCUT2D eigenvalue weighted by Crippen LogP contribution is 2.29. The molecule has 3 rings (SSSR count). The molecule has 10 heteroatoms. The molecule has 1 atom stereocenters. The van der Waals surface area contributed by atoms with Gasteiger partial charge in [-0.1, -0.05) is 23.4 Å². The minimum atomic E-state index is -0.606. The number of hydrogen-bond acceptors (Lipinski definition) is 7. The van der Waals surface area contributed by atoms with E-state index in [1.165, 1.54) is 21.6 Å². The largest absolute Gasteiger partial charge is 0.347 e. The van der Waals surface area contributed by atoms with Crippen molar-refractivity contribution in [3.8, 4) is 0 Å². The number of rotatable bonds is 4. The number of aromatic nitrogens is 3. The molecule has 8 nitrogen and oxygen atoms in total. The van der Waals surface area contributed by atoms with E-state index in [9.17, 15) is 4.79 Å². The maximum atomic E-state index is 12.8. The Morgan fingerprint density at radius 1 is 1.19 bits per heavy atom. The van der Waals surface area contributed by atoms with Gasteiger partial charge in [0.15, 0.2) is 5.16 Å². The normalized spacial score (nSPS) is 17.2. The molecule has 2 heterocycles. The highest BCUT2D eigenvalue weighted by molar-refractivity contribution is 7.98. The highest BCUT2D eigenvalue weighted by atomic mass is 35.5. The number of carbonyl (C=O) groups excluding carboxylic acids is 1. The highest BCUT2D eigenvalue weighted by Gasteiger charge is 2.43. The SMILES string of the molecule is CSc1nc(N(C)C)nc(N2C(=N)N(c3ccc(Cl)cc3)C(=O)[C@@H]2C)n1. The molecule has 2 aromatic rings. The molecule has 0 saturated carbocycles. The molecule has 1 amide bonds. The number of anilines is 3. The van der Waals surface area contributed by atoms with Crippen molar-refractivity contribution in [2.45, 2.75) is 18.1 Å². The van der Waals surface area contributed by atoms with E-state index in [1.807, 2.05) is 20.4 Å². The Bertz CT molecular complexity index is 858. The van der Waals surface area contributed by atoms with E-state index in [1.54, 1.807) is 36.1 Å². The smallest absolute Gasteiger partial charge is 0.256 e. The van der Waals surface area contributed by atoms with Crippen molar-refractivity contribution in [1.29, 1.82) is 5.41 Å². The Morgan fingerprint density at radius 3 is 2.42 bits per heavy atom. The first-order valence-corrected chi connectivity index (χ1v) is 9.38. The predicted octanol–water partition coefficient (Wildman–Crippen LogP) is 2.49. The number of carbonyl (C=O) groups is 1. The van der Waals surface area contributed by atoms with E-state index in [-0.39, 0.29) is 17.8 Å². The van der Waals surface area contributed by atoms with Crippen molar-refractivity contribution in [3.05, 3.63) is 29.3 Å². The van der Waals surface area contributed by atoms with Crippen LogP contribution in [0.5, 0.6) is 0 Å². The fraction of sp³-hybridized carbons (Fsp3) is 0.312. The molecule has 1 N–H and O–H groups in total. The van der Waals surface area contributed by atoms with Crippen LogP contribution >= 0.6 is 23.4 Å². The van der Waals surface area contributed by atoms with E-state index in [0.717, 1.165) is 0 Å². The lowest BCUT2D eigenvalue weighted by molar-refractivity contribution is -0.117. The molecule has 1 fully saturated rings. The first kappa shape index (κ1) is 18.4. The van der Waals surface area contributed by atoms with Gasteiger partial charge in [0.1, 0.15) is 6.04 Å². The zero-order valence-electron chi connectivity index (χ0n) is 14.8. The molecule has 0 unspecified atom stereocenters. The van der Waals surface area contributed by atoms with Crippen LogP contribution in [0.3, 0.4) is 0 Å². The third kappa shape index (κ3) is 3.19. The quantitative estimate of drug-likeness (QED) is 0.801. The third-order valence-corrected chi connectivity index (χ3v) is 4.68. The number of amides is 1. The summed E-state index contributed by atoms with van der Waals surface area (Å²) in [6.45, 7) is 1.73. The molecule has 26 heavy (non-hydrogen) atoms. The Balaban J connectivity index is 2.03. The fourth-order valence-corrected chi connectivity index (χ4v) is 3.01. The fourth-order valence-electron chi connectivity index (χ4n) is 2.53. The zero-order chi connectivity index (χ0) is 19.0. The Labute approximate surface area is 160 Å². The average molecular weight is 392 g/mol. The van der Waals surface area contributed by atoms with Gasteiger partial charge in [-0.15, -0.1) is 0 Å². The minimum absolute atomic E-state index is 0.00668. The van der Waals surface area contributed by atoms with Crippen LogP contribution in [0.1, 0.15) is 6.92 Å². The number of guanidine groups is 1. The Morgan fingerprint density at radius 2 is 1.85 bits per heavy atom. The Hall–Kier alpha value is -2.39.